The zero-order valence-corrected chi connectivity index (χ0v) is 8.02. The SMILES string of the molecule is C=CCCOCCNC/C=C/Cl. The third-order valence-electron chi connectivity index (χ3n) is 1.24. The Morgan fingerprint density at radius 2 is 2.25 bits per heavy atom. The van der Waals surface area contributed by atoms with Crippen LogP contribution in [0.25, 0.3) is 0 Å². The molecule has 0 saturated carbocycles. The molecule has 12 heavy (non-hydrogen) atoms. The van der Waals surface area contributed by atoms with Crippen molar-refractivity contribution in [2.45, 2.75) is 6.42 Å². The summed E-state index contributed by atoms with van der Waals surface area (Å²) >= 11 is 5.32. The lowest BCUT2D eigenvalue weighted by molar-refractivity contribution is 0.141. The summed E-state index contributed by atoms with van der Waals surface area (Å²) in [6, 6.07) is 0. The van der Waals surface area contributed by atoms with Crippen molar-refractivity contribution in [2.75, 3.05) is 26.3 Å². The van der Waals surface area contributed by atoms with Crippen LogP contribution in [-0.4, -0.2) is 26.3 Å². The van der Waals surface area contributed by atoms with Gasteiger partial charge in [-0.3, -0.25) is 0 Å². The molecule has 0 aliphatic carbocycles. The van der Waals surface area contributed by atoms with E-state index < -0.39 is 0 Å². The lowest BCUT2D eigenvalue weighted by Gasteiger charge is -2.02. The van der Waals surface area contributed by atoms with Crippen LogP contribution < -0.4 is 5.32 Å². The zero-order valence-electron chi connectivity index (χ0n) is 7.26. The molecule has 0 aromatic heterocycles. The molecule has 0 unspecified atom stereocenters. The number of rotatable bonds is 8. The number of halogens is 1. The van der Waals surface area contributed by atoms with Gasteiger partial charge in [0, 0.05) is 18.6 Å². The average molecular weight is 190 g/mol. The molecule has 3 heteroatoms. The van der Waals surface area contributed by atoms with Crippen LogP contribution in [0.15, 0.2) is 24.3 Å². The third-order valence-corrected chi connectivity index (χ3v) is 1.42. The Kier molecular flexibility index (Phi) is 10.4. The molecule has 0 fully saturated rings. The molecule has 0 saturated heterocycles. The molecule has 0 amide bonds. The van der Waals surface area contributed by atoms with Crippen LogP contribution in [0.5, 0.6) is 0 Å². The van der Waals surface area contributed by atoms with Crippen LogP contribution in [0.3, 0.4) is 0 Å². The van der Waals surface area contributed by atoms with Crippen LogP contribution in [0.4, 0.5) is 0 Å². The van der Waals surface area contributed by atoms with Gasteiger partial charge in [-0.05, 0) is 6.42 Å². The van der Waals surface area contributed by atoms with Crippen molar-refractivity contribution in [3.63, 3.8) is 0 Å². The molecule has 0 rings (SSSR count). The van der Waals surface area contributed by atoms with Crippen LogP contribution in [0.1, 0.15) is 6.42 Å². The highest BCUT2D eigenvalue weighted by atomic mass is 35.5. The Bertz CT molecular complexity index is 126. The first-order valence-electron chi connectivity index (χ1n) is 4.06. The van der Waals surface area contributed by atoms with Gasteiger partial charge in [0.25, 0.3) is 0 Å². The Morgan fingerprint density at radius 1 is 1.42 bits per heavy atom. The van der Waals surface area contributed by atoms with Crippen molar-refractivity contribution in [3.8, 4) is 0 Å². The predicted octanol–water partition coefficient (Wildman–Crippen LogP) is 1.92. The standard InChI is InChI=1S/C9H16ClNO/c1-2-3-8-12-9-7-11-6-4-5-10/h2,4-5,11H,1,3,6-9H2/b5-4+. The fraction of sp³-hybridized carbons (Fsp3) is 0.556. The minimum Gasteiger partial charge on any atom is -0.380 e. The lowest BCUT2D eigenvalue weighted by Crippen LogP contribution is -2.19. The summed E-state index contributed by atoms with van der Waals surface area (Å²) in [7, 11) is 0. The molecule has 0 radical (unpaired) electrons. The third kappa shape index (κ3) is 9.69. The van der Waals surface area contributed by atoms with E-state index in [4.69, 9.17) is 16.3 Å². The molecule has 0 spiro atoms. The minimum atomic E-state index is 0.740. The maximum absolute atomic E-state index is 5.32. The maximum Gasteiger partial charge on any atom is 0.0591 e. The highest BCUT2D eigenvalue weighted by Crippen LogP contribution is 1.81. The normalized spacial score (nSPS) is 10.8. The first kappa shape index (κ1) is 11.7. The highest BCUT2D eigenvalue weighted by molar-refractivity contribution is 6.25. The molecule has 0 atom stereocenters. The number of hydrogen-bond acceptors (Lipinski definition) is 2. The summed E-state index contributed by atoms with van der Waals surface area (Å²) in [5.74, 6) is 0. The van der Waals surface area contributed by atoms with Gasteiger partial charge in [-0.25, -0.2) is 0 Å². The second kappa shape index (κ2) is 10.7. The molecule has 0 aromatic carbocycles. The van der Waals surface area contributed by atoms with Gasteiger partial charge in [0.1, 0.15) is 0 Å². The topological polar surface area (TPSA) is 21.3 Å². The monoisotopic (exact) mass is 189 g/mol. The molecular weight excluding hydrogens is 174 g/mol. The van der Waals surface area contributed by atoms with E-state index in [1.54, 1.807) is 0 Å². The van der Waals surface area contributed by atoms with Crippen molar-refractivity contribution in [1.29, 1.82) is 0 Å². The van der Waals surface area contributed by atoms with Gasteiger partial charge >= 0.3 is 0 Å². The van der Waals surface area contributed by atoms with E-state index in [-0.39, 0.29) is 0 Å². The molecule has 2 nitrogen and oxygen atoms in total. The summed E-state index contributed by atoms with van der Waals surface area (Å²) in [4.78, 5) is 0. The summed E-state index contributed by atoms with van der Waals surface area (Å²) in [5, 5.41) is 3.14. The van der Waals surface area contributed by atoms with E-state index in [1.165, 1.54) is 5.54 Å². The van der Waals surface area contributed by atoms with Crippen LogP contribution >= 0.6 is 11.6 Å². The number of ether oxygens (including phenoxy) is 1. The molecule has 70 valence electrons. The Hall–Kier alpha value is -0.310. The van der Waals surface area contributed by atoms with E-state index in [0.717, 1.165) is 32.7 Å². The largest absolute Gasteiger partial charge is 0.380 e. The van der Waals surface area contributed by atoms with Gasteiger partial charge in [0.15, 0.2) is 0 Å². The molecule has 0 heterocycles. The number of hydrogen-bond donors (Lipinski definition) is 1. The van der Waals surface area contributed by atoms with E-state index in [9.17, 15) is 0 Å². The van der Waals surface area contributed by atoms with Crippen molar-refractivity contribution in [2.24, 2.45) is 0 Å². The van der Waals surface area contributed by atoms with Gasteiger partial charge in [0.2, 0.25) is 0 Å². The molecule has 1 N–H and O–H groups in total. The van der Waals surface area contributed by atoms with Crippen molar-refractivity contribution < 1.29 is 4.74 Å². The molecule has 0 aromatic rings. The summed E-state index contributed by atoms with van der Waals surface area (Å²) in [5.41, 5.74) is 1.51. The second-order valence-corrected chi connectivity index (χ2v) is 2.51. The smallest absolute Gasteiger partial charge is 0.0591 e. The average Bonchev–Trinajstić information content (AvgIpc) is 2.10. The van der Waals surface area contributed by atoms with Crippen LogP contribution in [0.2, 0.25) is 0 Å². The number of nitrogens with one attached hydrogen (secondary N) is 1. The van der Waals surface area contributed by atoms with E-state index >= 15 is 0 Å². The van der Waals surface area contributed by atoms with E-state index in [1.807, 2.05) is 12.2 Å². The Labute approximate surface area is 79.2 Å². The van der Waals surface area contributed by atoms with Gasteiger partial charge < -0.3 is 10.1 Å². The van der Waals surface area contributed by atoms with Crippen molar-refractivity contribution in [3.05, 3.63) is 24.3 Å². The van der Waals surface area contributed by atoms with Gasteiger partial charge in [-0.2, -0.15) is 0 Å². The second-order valence-electron chi connectivity index (χ2n) is 2.26. The maximum atomic E-state index is 5.32. The predicted molar refractivity (Wildman–Crippen MR) is 53.5 cm³/mol. The minimum absolute atomic E-state index is 0.740. The first-order chi connectivity index (χ1) is 5.91. The quantitative estimate of drug-likeness (QED) is 0.466. The van der Waals surface area contributed by atoms with Gasteiger partial charge in [-0.15, -0.1) is 6.58 Å². The fourth-order valence-corrected chi connectivity index (χ4v) is 0.732. The fourth-order valence-electron chi connectivity index (χ4n) is 0.643. The molecule has 0 aliphatic rings. The Morgan fingerprint density at radius 3 is 2.92 bits per heavy atom. The molecule has 0 bridgehead atoms. The van der Waals surface area contributed by atoms with Crippen LogP contribution in [-0.2, 0) is 4.74 Å². The van der Waals surface area contributed by atoms with Crippen molar-refractivity contribution >= 4 is 11.6 Å². The first-order valence-corrected chi connectivity index (χ1v) is 4.50. The summed E-state index contributed by atoms with van der Waals surface area (Å²) in [6.07, 6.45) is 4.62. The summed E-state index contributed by atoms with van der Waals surface area (Å²) < 4.78 is 5.26. The zero-order chi connectivity index (χ0) is 9.07. The van der Waals surface area contributed by atoms with Gasteiger partial charge in [0.05, 0.1) is 13.2 Å². The summed E-state index contributed by atoms with van der Waals surface area (Å²) in [6.45, 7) is 6.76. The van der Waals surface area contributed by atoms with Crippen LogP contribution in [0, 0.1) is 0 Å². The van der Waals surface area contributed by atoms with Gasteiger partial charge in [-0.1, -0.05) is 23.8 Å². The molecule has 0 aliphatic heterocycles. The highest BCUT2D eigenvalue weighted by Gasteiger charge is 1.85. The van der Waals surface area contributed by atoms with E-state index in [0.29, 0.717) is 0 Å². The lowest BCUT2D eigenvalue weighted by atomic mass is 10.4. The molecular formula is C9H16ClNO. The Balaban J connectivity index is 2.86. The van der Waals surface area contributed by atoms with E-state index in [2.05, 4.69) is 11.9 Å². The van der Waals surface area contributed by atoms with Crippen molar-refractivity contribution in [1.82, 2.24) is 5.32 Å².